The van der Waals surface area contributed by atoms with E-state index in [9.17, 15) is 14.4 Å². The van der Waals surface area contributed by atoms with Crippen LogP contribution < -0.4 is 10.2 Å². The van der Waals surface area contributed by atoms with Gasteiger partial charge in [-0.3, -0.25) is 14.4 Å². The third-order valence-corrected chi connectivity index (χ3v) is 7.59. The van der Waals surface area contributed by atoms with Crippen LogP contribution in [0.25, 0.3) is 0 Å². The van der Waals surface area contributed by atoms with Gasteiger partial charge in [-0.2, -0.15) is 0 Å². The Labute approximate surface area is 223 Å². The van der Waals surface area contributed by atoms with E-state index in [1.54, 1.807) is 29.2 Å². The average Bonchev–Trinajstić information content (AvgIpc) is 3.04. The quantitative estimate of drug-likeness (QED) is 0.403. The van der Waals surface area contributed by atoms with E-state index in [0.29, 0.717) is 11.3 Å². The standard InChI is InChI=1S/C24H22Cl4N4O3/c1-30-9-7-15(8-10-30)31(2)22(33)13-3-5-14(6-4-13)29-21-20(28)23(34)32(24(21)35)19-12-17(26)16(25)11-18(19)27/h3-6,11-12,15,29H,7-10H2,1-2H3. The lowest BCUT2D eigenvalue weighted by atomic mass is 10.0. The molecule has 0 aliphatic carbocycles. The summed E-state index contributed by atoms with van der Waals surface area (Å²) < 4.78 is 0. The van der Waals surface area contributed by atoms with Crippen LogP contribution in [0.1, 0.15) is 23.2 Å². The number of anilines is 2. The van der Waals surface area contributed by atoms with Crippen molar-refractivity contribution in [1.29, 1.82) is 0 Å². The first-order valence-electron chi connectivity index (χ1n) is 10.8. The number of imide groups is 1. The van der Waals surface area contributed by atoms with E-state index in [1.165, 1.54) is 12.1 Å². The Hall–Kier alpha value is -2.29. The minimum absolute atomic E-state index is 0.0726. The lowest BCUT2D eigenvalue weighted by Gasteiger charge is -2.35. The Morgan fingerprint density at radius 3 is 2.17 bits per heavy atom. The van der Waals surface area contributed by atoms with Crippen molar-refractivity contribution in [3.05, 3.63) is 67.8 Å². The number of halogens is 4. The number of carbonyl (C=O) groups excluding carboxylic acids is 3. The molecule has 1 fully saturated rings. The highest BCUT2D eigenvalue weighted by atomic mass is 35.5. The minimum Gasteiger partial charge on any atom is -0.350 e. The van der Waals surface area contributed by atoms with Gasteiger partial charge >= 0.3 is 0 Å². The predicted octanol–water partition coefficient (Wildman–Crippen LogP) is 5.25. The second-order valence-corrected chi connectivity index (χ2v) is 10.1. The second kappa shape index (κ2) is 10.4. The highest BCUT2D eigenvalue weighted by molar-refractivity contribution is 6.54. The van der Waals surface area contributed by atoms with E-state index in [-0.39, 0.29) is 43.4 Å². The lowest BCUT2D eigenvalue weighted by Crippen LogP contribution is -2.44. The maximum Gasteiger partial charge on any atom is 0.283 e. The second-order valence-electron chi connectivity index (χ2n) is 8.51. The van der Waals surface area contributed by atoms with E-state index in [4.69, 9.17) is 46.4 Å². The number of likely N-dealkylation sites (tertiary alicyclic amines) is 1. The molecular formula is C24H22Cl4N4O3. The summed E-state index contributed by atoms with van der Waals surface area (Å²) in [6.45, 7) is 1.91. The van der Waals surface area contributed by atoms with Crippen molar-refractivity contribution >= 4 is 75.5 Å². The van der Waals surface area contributed by atoms with Crippen molar-refractivity contribution in [3.63, 3.8) is 0 Å². The first kappa shape index (κ1) is 25.8. The fourth-order valence-corrected chi connectivity index (χ4v) is 4.94. The van der Waals surface area contributed by atoms with Gasteiger partial charge < -0.3 is 15.1 Å². The summed E-state index contributed by atoms with van der Waals surface area (Å²) in [7, 11) is 3.90. The van der Waals surface area contributed by atoms with Crippen LogP contribution in [-0.4, -0.2) is 60.7 Å². The summed E-state index contributed by atoms with van der Waals surface area (Å²) in [5, 5.41) is 2.98. The molecule has 0 spiro atoms. The third-order valence-electron chi connectivity index (χ3n) is 6.22. The minimum atomic E-state index is -0.744. The van der Waals surface area contributed by atoms with Crippen LogP contribution in [0, 0.1) is 0 Å². The van der Waals surface area contributed by atoms with Crippen LogP contribution in [0.2, 0.25) is 15.1 Å². The fourth-order valence-electron chi connectivity index (χ4n) is 4.11. The number of benzene rings is 2. The number of hydrogen-bond donors (Lipinski definition) is 1. The van der Waals surface area contributed by atoms with Crippen LogP contribution in [0.4, 0.5) is 11.4 Å². The van der Waals surface area contributed by atoms with Crippen molar-refractivity contribution in [2.75, 3.05) is 37.4 Å². The first-order valence-corrected chi connectivity index (χ1v) is 12.4. The molecule has 0 radical (unpaired) electrons. The molecule has 2 aliphatic heterocycles. The van der Waals surface area contributed by atoms with Crippen LogP contribution in [0.15, 0.2) is 47.1 Å². The molecule has 1 saturated heterocycles. The molecule has 7 nitrogen and oxygen atoms in total. The molecule has 1 N–H and O–H groups in total. The highest BCUT2D eigenvalue weighted by Crippen LogP contribution is 2.38. The van der Waals surface area contributed by atoms with Gasteiger partial charge in [-0.15, -0.1) is 0 Å². The summed E-state index contributed by atoms with van der Waals surface area (Å²) >= 11 is 24.4. The third kappa shape index (κ3) is 5.15. The number of nitrogens with zero attached hydrogens (tertiary/aromatic N) is 3. The summed E-state index contributed by atoms with van der Waals surface area (Å²) in [6, 6.07) is 9.51. The summed E-state index contributed by atoms with van der Waals surface area (Å²) in [6.07, 6.45) is 1.86. The van der Waals surface area contributed by atoms with Crippen molar-refractivity contribution in [1.82, 2.24) is 9.80 Å². The Balaban J connectivity index is 1.48. The van der Waals surface area contributed by atoms with Gasteiger partial charge in [0.2, 0.25) is 0 Å². The van der Waals surface area contributed by atoms with Gasteiger partial charge in [0.1, 0.15) is 10.7 Å². The molecule has 3 amide bonds. The molecule has 184 valence electrons. The zero-order valence-corrected chi connectivity index (χ0v) is 22.0. The van der Waals surface area contributed by atoms with Gasteiger partial charge in [-0.05, 0) is 69.4 Å². The van der Waals surface area contributed by atoms with Gasteiger partial charge in [-0.1, -0.05) is 46.4 Å². The Morgan fingerprint density at radius 2 is 1.54 bits per heavy atom. The molecule has 0 aromatic heterocycles. The predicted molar refractivity (Wildman–Crippen MR) is 140 cm³/mol. The van der Waals surface area contributed by atoms with Crippen molar-refractivity contribution in [2.24, 2.45) is 0 Å². The molecule has 0 saturated carbocycles. The summed E-state index contributed by atoms with van der Waals surface area (Å²) in [4.78, 5) is 43.6. The monoisotopic (exact) mass is 554 g/mol. The number of rotatable bonds is 5. The Kier molecular flexibility index (Phi) is 7.64. The zero-order valence-electron chi connectivity index (χ0n) is 18.9. The topological polar surface area (TPSA) is 73.0 Å². The zero-order chi connectivity index (χ0) is 25.4. The fraction of sp³-hybridized carbons (Fsp3) is 0.292. The van der Waals surface area contributed by atoms with Gasteiger partial charge in [-0.25, -0.2) is 4.90 Å². The average molecular weight is 556 g/mol. The molecule has 0 atom stereocenters. The summed E-state index contributed by atoms with van der Waals surface area (Å²) in [5.41, 5.74) is 0.972. The number of amides is 3. The Morgan fingerprint density at radius 1 is 0.943 bits per heavy atom. The molecule has 2 aromatic rings. The smallest absolute Gasteiger partial charge is 0.283 e. The van der Waals surface area contributed by atoms with E-state index in [0.717, 1.165) is 30.8 Å². The Bertz CT molecular complexity index is 1220. The van der Waals surface area contributed by atoms with Gasteiger partial charge in [0, 0.05) is 24.3 Å². The molecule has 0 bridgehead atoms. The molecule has 11 heteroatoms. The van der Waals surface area contributed by atoms with Gasteiger partial charge in [0.15, 0.2) is 0 Å². The number of piperidine rings is 1. The van der Waals surface area contributed by atoms with Crippen molar-refractivity contribution in [3.8, 4) is 0 Å². The molecule has 35 heavy (non-hydrogen) atoms. The molecular weight excluding hydrogens is 534 g/mol. The van der Waals surface area contributed by atoms with Crippen molar-refractivity contribution < 1.29 is 14.4 Å². The lowest BCUT2D eigenvalue weighted by molar-refractivity contribution is -0.120. The molecule has 2 heterocycles. The SMILES string of the molecule is CN1CCC(N(C)C(=O)c2ccc(NC3=C(Cl)C(=O)N(c4cc(Cl)c(Cl)cc4Cl)C3=O)cc2)CC1. The number of nitrogens with one attached hydrogen (secondary N) is 1. The van der Waals surface area contributed by atoms with Gasteiger partial charge in [0.25, 0.3) is 17.7 Å². The van der Waals surface area contributed by atoms with E-state index in [1.807, 2.05) is 7.05 Å². The van der Waals surface area contributed by atoms with E-state index < -0.39 is 11.8 Å². The molecule has 2 aliphatic rings. The summed E-state index contributed by atoms with van der Waals surface area (Å²) in [5.74, 6) is -1.51. The largest absolute Gasteiger partial charge is 0.350 e. The first-order chi connectivity index (χ1) is 16.6. The van der Waals surface area contributed by atoms with E-state index >= 15 is 0 Å². The number of hydrogen-bond acceptors (Lipinski definition) is 5. The normalized spacial score (nSPS) is 17.4. The molecule has 0 unspecified atom stereocenters. The van der Waals surface area contributed by atoms with Crippen molar-refractivity contribution in [2.45, 2.75) is 18.9 Å². The van der Waals surface area contributed by atoms with Crippen LogP contribution in [0.3, 0.4) is 0 Å². The van der Waals surface area contributed by atoms with Gasteiger partial charge in [0.05, 0.1) is 20.8 Å². The van der Waals surface area contributed by atoms with Crippen LogP contribution >= 0.6 is 46.4 Å². The van der Waals surface area contributed by atoms with E-state index in [2.05, 4.69) is 17.3 Å². The highest BCUT2D eigenvalue weighted by Gasteiger charge is 2.40. The maximum absolute atomic E-state index is 13.0. The number of carbonyl (C=O) groups is 3. The molecule has 2 aromatic carbocycles. The molecule has 4 rings (SSSR count). The maximum atomic E-state index is 13.0. The van der Waals surface area contributed by atoms with Crippen LogP contribution in [0.5, 0.6) is 0 Å². The van der Waals surface area contributed by atoms with Crippen LogP contribution in [-0.2, 0) is 9.59 Å².